The first-order valence-electron chi connectivity index (χ1n) is 12.2. The van der Waals surface area contributed by atoms with Crippen LogP contribution in [-0.4, -0.2) is 72.5 Å². The van der Waals surface area contributed by atoms with Crippen molar-refractivity contribution >= 4 is 23.4 Å². The topological polar surface area (TPSA) is 84.0 Å². The van der Waals surface area contributed by atoms with Crippen LogP contribution in [-0.2, 0) is 9.53 Å². The van der Waals surface area contributed by atoms with Crippen molar-refractivity contribution < 1.29 is 19.1 Å². The second kappa shape index (κ2) is 12.7. The molecule has 0 saturated carbocycles. The summed E-state index contributed by atoms with van der Waals surface area (Å²) in [6.07, 6.45) is 1.29. The molecule has 3 aromatic rings. The molecule has 0 spiro atoms. The van der Waals surface area contributed by atoms with Crippen molar-refractivity contribution in [2.45, 2.75) is 19.1 Å². The Hall–Kier alpha value is -3.46. The van der Waals surface area contributed by atoms with E-state index in [-0.39, 0.29) is 30.1 Å². The van der Waals surface area contributed by atoms with Gasteiger partial charge in [0.15, 0.2) is 0 Å². The SMILES string of the molecule is CC(OC[C@@H](NC(=O)c1cccnc1Oc1ccc(Cl)cc1)C(=O)N1CCN(C)CC1)c1ccccc1. The van der Waals surface area contributed by atoms with Crippen LogP contribution in [0.15, 0.2) is 72.9 Å². The lowest BCUT2D eigenvalue weighted by atomic mass is 10.1. The molecule has 1 aromatic heterocycles. The quantitative estimate of drug-likeness (QED) is 0.454. The van der Waals surface area contributed by atoms with Gasteiger partial charge in [-0.05, 0) is 55.9 Å². The number of nitrogens with one attached hydrogen (secondary N) is 1. The highest BCUT2D eigenvalue weighted by Crippen LogP contribution is 2.24. The minimum absolute atomic E-state index is 0.0284. The molecule has 9 heteroatoms. The Morgan fingerprint density at radius 1 is 1.00 bits per heavy atom. The van der Waals surface area contributed by atoms with E-state index < -0.39 is 11.9 Å². The average molecular weight is 523 g/mol. The van der Waals surface area contributed by atoms with Gasteiger partial charge >= 0.3 is 0 Å². The molecule has 0 aliphatic carbocycles. The van der Waals surface area contributed by atoms with E-state index in [9.17, 15) is 9.59 Å². The highest BCUT2D eigenvalue weighted by molar-refractivity contribution is 6.30. The molecule has 1 saturated heterocycles. The number of nitrogens with zero attached hydrogens (tertiary/aromatic N) is 3. The summed E-state index contributed by atoms with van der Waals surface area (Å²) in [4.78, 5) is 35.0. The average Bonchev–Trinajstić information content (AvgIpc) is 2.93. The first-order valence-corrected chi connectivity index (χ1v) is 12.6. The van der Waals surface area contributed by atoms with E-state index >= 15 is 0 Å². The maximum absolute atomic E-state index is 13.5. The number of hydrogen-bond donors (Lipinski definition) is 1. The zero-order chi connectivity index (χ0) is 26.2. The van der Waals surface area contributed by atoms with Gasteiger partial charge < -0.3 is 24.6 Å². The molecule has 2 atom stereocenters. The van der Waals surface area contributed by atoms with Crippen molar-refractivity contribution in [3.63, 3.8) is 0 Å². The van der Waals surface area contributed by atoms with Gasteiger partial charge in [-0.15, -0.1) is 0 Å². The molecule has 2 aromatic carbocycles. The maximum Gasteiger partial charge on any atom is 0.257 e. The van der Waals surface area contributed by atoms with Crippen LogP contribution in [0.1, 0.15) is 28.9 Å². The number of halogens is 1. The number of carbonyl (C=O) groups is 2. The van der Waals surface area contributed by atoms with E-state index in [1.165, 1.54) is 0 Å². The molecule has 4 rings (SSSR count). The van der Waals surface area contributed by atoms with E-state index in [1.807, 2.05) is 44.3 Å². The summed E-state index contributed by atoms with van der Waals surface area (Å²) in [5.74, 6) is -0.0276. The number of carbonyl (C=O) groups excluding carboxylic acids is 2. The minimum atomic E-state index is -0.870. The Labute approximate surface area is 222 Å². The molecule has 1 fully saturated rings. The van der Waals surface area contributed by atoms with Gasteiger partial charge in [-0.3, -0.25) is 9.59 Å². The van der Waals surface area contributed by atoms with Crippen LogP contribution in [0, 0.1) is 0 Å². The highest BCUT2D eigenvalue weighted by Gasteiger charge is 2.30. The summed E-state index contributed by atoms with van der Waals surface area (Å²) in [6.45, 7) is 4.68. The van der Waals surface area contributed by atoms with Crippen LogP contribution in [0.4, 0.5) is 0 Å². The second-order valence-corrected chi connectivity index (χ2v) is 9.39. The molecule has 1 aliphatic rings. The lowest BCUT2D eigenvalue weighted by Gasteiger charge is -2.35. The van der Waals surface area contributed by atoms with Crippen molar-refractivity contribution in [1.82, 2.24) is 20.1 Å². The van der Waals surface area contributed by atoms with Crippen LogP contribution in [0.3, 0.4) is 0 Å². The number of pyridine rings is 1. The fourth-order valence-electron chi connectivity index (χ4n) is 3.98. The smallest absolute Gasteiger partial charge is 0.257 e. The fraction of sp³-hybridized carbons (Fsp3) is 0.321. The number of amides is 2. The number of hydrogen-bond acceptors (Lipinski definition) is 6. The number of benzene rings is 2. The van der Waals surface area contributed by atoms with Crippen LogP contribution in [0.2, 0.25) is 5.02 Å². The number of likely N-dealkylation sites (N-methyl/N-ethyl adjacent to an activating group) is 1. The van der Waals surface area contributed by atoms with Crippen molar-refractivity contribution in [2.24, 2.45) is 0 Å². The zero-order valence-corrected chi connectivity index (χ0v) is 21.7. The third kappa shape index (κ3) is 7.29. The largest absolute Gasteiger partial charge is 0.438 e. The van der Waals surface area contributed by atoms with Gasteiger partial charge in [0.1, 0.15) is 17.4 Å². The Balaban J connectivity index is 1.50. The lowest BCUT2D eigenvalue weighted by Crippen LogP contribution is -2.55. The Morgan fingerprint density at radius 3 is 2.41 bits per heavy atom. The highest BCUT2D eigenvalue weighted by atomic mass is 35.5. The Kier molecular flexibility index (Phi) is 9.11. The molecule has 1 unspecified atom stereocenters. The third-order valence-corrected chi connectivity index (χ3v) is 6.50. The molecule has 8 nitrogen and oxygen atoms in total. The predicted molar refractivity (Wildman–Crippen MR) is 142 cm³/mol. The van der Waals surface area contributed by atoms with Gasteiger partial charge in [-0.2, -0.15) is 0 Å². The first kappa shape index (κ1) is 26.6. The van der Waals surface area contributed by atoms with Gasteiger partial charge in [0.25, 0.3) is 5.91 Å². The van der Waals surface area contributed by atoms with Crippen molar-refractivity contribution in [3.8, 4) is 11.6 Å². The predicted octanol–water partition coefficient (Wildman–Crippen LogP) is 4.18. The van der Waals surface area contributed by atoms with Crippen LogP contribution >= 0.6 is 11.6 Å². The Bertz CT molecular complexity index is 1180. The Morgan fingerprint density at radius 2 is 1.70 bits per heavy atom. The van der Waals surface area contributed by atoms with Gasteiger partial charge in [0.05, 0.1) is 12.7 Å². The van der Waals surface area contributed by atoms with E-state index in [1.54, 1.807) is 47.5 Å². The fourth-order valence-corrected chi connectivity index (χ4v) is 4.10. The van der Waals surface area contributed by atoms with Gasteiger partial charge in [-0.1, -0.05) is 41.9 Å². The molecule has 1 N–H and O–H groups in total. The van der Waals surface area contributed by atoms with Crippen molar-refractivity contribution in [1.29, 1.82) is 0 Å². The molecule has 0 bridgehead atoms. The number of piperazine rings is 1. The molecule has 0 radical (unpaired) electrons. The van der Waals surface area contributed by atoms with Crippen molar-refractivity contribution in [3.05, 3.63) is 89.1 Å². The van der Waals surface area contributed by atoms with Crippen LogP contribution in [0.5, 0.6) is 11.6 Å². The van der Waals surface area contributed by atoms with E-state index in [0.29, 0.717) is 23.9 Å². The monoisotopic (exact) mass is 522 g/mol. The molecule has 37 heavy (non-hydrogen) atoms. The molecule has 2 amide bonds. The maximum atomic E-state index is 13.5. The zero-order valence-electron chi connectivity index (χ0n) is 21.0. The molecular formula is C28H31ClN4O4. The van der Waals surface area contributed by atoms with Crippen LogP contribution < -0.4 is 10.1 Å². The van der Waals surface area contributed by atoms with E-state index in [4.69, 9.17) is 21.1 Å². The number of rotatable bonds is 9. The summed E-state index contributed by atoms with van der Waals surface area (Å²) >= 11 is 5.96. The summed E-state index contributed by atoms with van der Waals surface area (Å²) < 4.78 is 11.9. The van der Waals surface area contributed by atoms with E-state index in [2.05, 4.69) is 15.2 Å². The molecular weight excluding hydrogens is 492 g/mol. The lowest BCUT2D eigenvalue weighted by molar-refractivity contribution is -0.137. The number of ether oxygens (including phenoxy) is 2. The molecule has 2 heterocycles. The van der Waals surface area contributed by atoms with Crippen molar-refractivity contribution in [2.75, 3.05) is 39.8 Å². The van der Waals surface area contributed by atoms with Crippen LogP contribution in [0.25, 0.3) is 0 Å². The second-order valence-electron chi connectivity index (χ2n) is 8.95. The van der Waals surface area contributed by atoms with Gasteiger partial charge in [0.2, 0.25) is 11.8 Å². The van der Waals surface area contributed by atoms with Gasteiger partial charge in [0, 0.05) is 37.4 Å². The first-order chi connectivity index (χ1) is 17.9. The molecule has 194 valence electrons. The summed E-state index contributed by atoms with van der Waals surface area (Å²) in [7, 11) is 2.02. The normalized spacial score (nSPS) is 15.6. The summed E-state index contributed by atoms with van der Waals surface area (Å²) in [6, 6.07) is 18.9. The summed E-state index contributed by atoms with van der Waals surface area (Å²) in [5.41, 5.74) is 1.20. The summed E-state index contributed by atoms with van der Waals surface area (Å²) in [5, 5.41) is 3.44. The third-order valence-electron chi connectivity index (χ3n) is 6.24. The van der Waals surface area contributed by atoms with Gasteiger partial charge in [-0.25, -0.2) is 4.98 Å². The standard InChI is InChI=1S/C28H31ClN4O4/c1-20(21-7-4-3-5-8-21)36-19-25(28(35)33-17-15-32(2)16-18-33)31-26(34)24-9-6-14-30-27(24)37-23-12-10-22(29)11-13-23/h3-14,20,25H,15-19H2,1-2H3,(H,31,34)/t20?,25-/m1/s1. The van der Waals surface area contributed by atoms with E-state index in [0.717, 1.165) is 18.7 Å². The number of aromatic nitrogens is 1. The molecule has 1 aliphatic heterocycles. The minimum Gasteiger partial charge on any atom is -0.438 e.